The summed E-state index contributed by atoms with van der Waals surface area (Å²) < 4.78 is 28.4. The number of nitrogens with zero attached hydrogens (tertiary/aromatic N) is 2. The Morgan fingerprint density at radius 2 is 1.66 bits per heavy atom. The van der Waals surface area contributed by atoms with Gasteiger partial charge in [0.2, 0.25) is 5.78 Å². The van der Waals surface area contributed by atoms with Crippen molar-refractivity contribution in [3.05, 3.63) is 73.2 Å². The minimum Gasteiger partial charge on any atom is -0.456 e. The number of sulfone groups is 1. The summed E-state index contributed by atoms with van der Waals surface area (Å²) in [6.45, 7) is -0.865. The number of carbonyl (C=O) groups excluding carboxylic acids is 4. The molecule has 184 valence electrons. The minimum absolute atomic E-state index is 0.00812. The van der Waals surface area contributed by atoms with Crippen LogP contribution >= 0.6 is 23.2 Å². The van der Waals surface area contributed by atoms with E-state index in [1.165, 1.54) is 18.2 Å². The Bertz CT molecular complexity index is 1330. The van der Waals surface area contributed by atoms with Crippen LogP contribution in [0, 0.1) is 10.1 Å². The Morgan fingerprint density at radius 3 is 2.17 bits per heavy atom. The molecule has 1 heterocycles. The van der Waals surface area contributed by atoms with Crippen molar-refractivity contribution < 1.29 is 37.3 Å². The number of non-ortho nitro benzene ring substituents is 1. The summed E-state index contributed by atoms with van der Waals surface area (Å²) in [6, 6.07) is 5.36. The summed E-state index contributed by atoms with van der Waals surface area (Å²) in [5.41, 5.74) is -0.718. The lowest BCUT2D eigenvalue weighted by atomic mass is 10.1. The second-order valence-electron chi connectivity index (χ2n) is 7.56. The number of halogens is 2. The zero-order valence-corrected chi connectivity index (χ0v) is 20.2. The first-order valence-corrected chi connectivity index (χ1v) is 12.6. The number of benzene rings is 2. The van der Waals surface area contributed by atoms with Gasteiger partial charge in [-0.25, -0.2) is 13.2 Å². The Morgan fingerprint density at radius 1 is 1.09 bits per heavy atom. The van der Waals surface area contributed by atoms with E-state index in [-0.39, 0.29) is 32.4 Å². The highest BCUT2D eigenvalue weighted by molar-refractivity contribution is 7.90. The molecule has 0 spiro atoms. The number of esters is 1. The molecule has 2 amide bonds. The van der Waals surface area contributed by atoms with Crippen molar-refractivity contribution in [3.63, 3.8) is 0 Å². The summed E-state index contributed by atoms with van der Waals surface area (Å²) in [4.78, 5) is 61.8. The van der Waals surface area contributed by atoms with Crippen LogP contribution in [0.3, 0.4) is 0 Å². The van der Waals surface area contributed by atoms with E-state index in [0.717, 1.165) is 24.5 Å². The Balaban J connectivity index is 1.84. The summed E-state index contributed by atoms with van der Waals surface area (Å²) in [6.07, 6.45) is 0.415. The molecule has 35 heavy (non-hydrogen) atoms. The predicted molar refractivity (Wildman–Crippen MR) is 123 cm³/mol. The van der Waals surface area contributed by atoms with E-state index in [0.29, 0.717) is 4.90 Å². The molecule has 1 aliphatic rings. The summed E-state index contributed by atoms with van der Waals surface area (Å²) >= 11 is 11.9. The number of ether oxygens (including phenoxy) is 1. The lowest BCUT2D eigenvalue weighted by Gasteiger charge is -2.24. The van der Waals surface area contributed by atoms with E-state index in [1.54, 1.807) is 0 Å². The minimum atomic E-state index is -3.62. The Kier molecular flexibility index (Phi) is 7.58. The molecular weight excluding hydrogens is 527 g/mol. The number of Topliss-reactive ketones (excluding diaryl/α,β-unsaturated/α-hetero) is 1. The van der Waals surface area contributed by atoms with E-state index in [4.69, 9.17) is 27.9 Å². The maximum Gasteiger partial charge on any atom is 0.329 e. The van der Waals surface area contributed by atoms with Gasteiger partial charge in [0.25, 0.3) is 17.5 Å². The van der Waals surface area contributed by atoms with Crippen LogP contribution in [-0.2, 0) is 19.4 Å². The quantitative estimate of drug-likeness (QED) is 0.152. The third-order valence-electron chi connectivity index (χ3n) is 5.03. The lowest BCUT2D eigenvalue weighted by Crippen LogP contribution is -2.46. The fourth-order valence-corrected chi connectivity index (χ4v) is 4.30. The monoisotopic (exact) mass is 542 g/mol. The number of rotatable bonds is 9. The predicted octanol–water partition coefficient (Wildman–Crippen LogP) is 2.73. The Hall–Kier alpha value is -3.35. The third kappa shape index (κ3) is 5.84. The molecule has 0 N–H and O–H groups in total. The Labute approximate surface area is 208 Å². The molecule has 0 saturated carbocycles. The van der Waals surface area contributed by atoms with Crippen molar-refractivity contribution in [2.24, 2.45) is 0 Å². The zero-order valence-electron chi connectivity index (χ0n) is 17.9. The number of ketones is 1. The summed E-state index contributed by atoms with van der Waals surface area (Å²) in [7, 11) is -3.62. The van der Waals surface area contributed by atoms with Crippen molar-refractivity contribution in [1.82, 2.24) is 4.90 Å². The van der Waals surface area contributed by atoms with Gasteiger partial charge >= 0.3 is 5.97 Å². The van der Waals surface area contributed by atoms with Gasteiger partial charge < -0.3 is 4.74 Å². The van der Waals surface area contributed by atoms with E-state index >= 15 is 0 Å². The second-order valence-corrected chi connectivity index (χ2v) is 10.6. The first kappa shape index (κ1) is 26.3. The van der Waals surface area contributed by atoms with Crippen LogP contribution in [0.5, 0.6) is 0 Å². The van der Waals surface area contributed by atoms with Crippen molar-refractivity contribution in [3.8, 4) is 0 Å². The van der Waals surface area contributed by atoms with Crippen LogP contribution in [0.2, 0.25) is 10.0 Å². The highest BCUT2D eigenvalue weighted by Crippen LogP contribution is 2.33. The normalized spacial score (nSPS) is 14.0. The second kappa shape index (κ2) is 10.1. The number of nitro groups is 1. The van der Waals surface area contributed by atoms with Gasteiger partial charge in [-0.1, -0.05) is 35.3 Å². The van der Waals surface area contributed by atoms with E-state index in [2.05, 4.69) is 0 Å². The van der Waals surface area contributed by atoms with E-state index < -0.39 is 63.1 Å². The largest absolute Gasteiger partial charge is 0.456 e. The van der Waals surface area contributed by atoms with Crippen molar-refractivity contribution in [2.75, 3.05) is 18.6 Å². The molecule has 0 aromatic heterocycles. The molecular formula is C21H16Cl2N2O9S. The van der Waals surface area contributed by atoms with Gasteiger partial charge in [0, 0.05) is 24.0 Å². The fraction of sp³-hybridized carbons (Fsp3) is 0.238. The molecule has 2 aromatic carbocycles. The van der Waals surface area contributed by atoms with Gasteiger partial charge in [-0.15, -0.1) is 0 Å². The average molecular weight is 543 g/mol. The average Bonchev–Trinajstić information content (AvgIpc) is 3.01. The lowest BCUT2D eigenvalue weighted by molar-refractivity contribution is -0.384. The van der Waals surface area contributed by atoms with Gasteiger partial charge in [-0.2, -0.15) is 0 Å². The van der Waals surface area contributed by atoms with Crippen LogP contribution in [0.15, 0.2) is 36.4 Å². The summed E-state index contributed by atoms with van der Waals surface area (Å²) in [5.74, 6) is -4.39. The fourth-order valence-electron chi connectivity index (χ4n) is 3.32. The first-order valence-electron chi connectivity index (χ1n) is 9.79. The number of hydrogen-bond donors (Lipinski definition) is 0. The van der Waals surface area contributed by atoms with Gasteiger partial charge in [0.05, 0.1) is 31.8 Å². The molecule has 3 rings (SSSR count). The van der Waals surface area contributed by atoms with Gasteiger partial charge in [-0.05, 0) is 18.6 Å². The van der Waals surface area contributed by atoms with Crippen LogP contribution in [0.25, 0.3) is 0 Å². The van der Waals surface area contributed by atoms with Crippen LogP contribution in [0.4, 0.5) is 5.69 Å². The van der Waals surface area contributed by atoms with Crippen molar-refractivity contribution in [1.29, 1.82) is 0 Å². The molecule has 0 fully saturated rings. The standard InChI is InChI=1S/C21H16Cl2N2O9S/c1-35(32,33)6-5-17(24-19(27)13-8-15(22)16(23)9-14(13)20(24)28)21(29)34-10-18(26)11-3-2-4-12(7-11)25(30)31/h2-4,7-9,17H,5-6,10H2,1H3/t17-/m0/s1. The molecule has 0 bridgehead atoms. The number of fused-ring (bicyclic) bond motifs is 1. The number of imide groups is 1. The third-order valence-corrected chi connectivity index (χ3v) is 6.73. The molecule has 2 aromatic rings. The van der Waals surface area contributed by atoms with Gasteiger partial charge in [-0.3, -0.25) is 29.4 Å². The molecule has 0 unspecified atom stereocenters. The molecule has 0 saturated heterocycles. The van der Waals surface area contributed by atoms with Crippen molar-refractivity contribution >= 4 is 62.3 Å². The molecule has 1 atom stereocenters. The van der Waals surface area contributed by atoms with E-state index in [9.17, 15) is 37.7 Å². The molecule has 11 nitrogen and oxygen atoms in total. The van der Waals surface area contributed by atoms with Crippen LogP contribution in [0.1, 0.15) is 37.5 Å². The number of carbonyl (C=O) groups is 4. The molecule has 1 aliphatic heterocycles. The molecule has 14 heteroatoms. The topological polar surface area (TPSA) is 158 Å². The van der Waals surface area contributed by atoms with Crippen LogP contribution in [-0.4, -0.2) is 66.5 Å². The molecule has 0 radical (unpaired) electrons. The number of hydrogen-bond acceptors (Lipinski definition) is 9. The highest BCUT2D eigenvalue weighted by Gasteiger charge is 2.44. The maximum atomic E-state index is 12.9. The van der Waals surface area contributed by atoms with Crippen molar-refractivity contribution in [2.45, 2.75) is 12.5 Å². The highest BCUT2D eigenvalue weighted by atomic mass is 35.5. The number of amides is 2. The first-order chi connectivity index (χ1) is 16.3. The van der Waals surface area contributed by atoms with Crippen LogP contribution < -0.4 is 0 Å². The van der Waals surface area contributed by atoms with E-state index in [1.807, 2.05) is 0 Å². The molecule has 0 aliphatic carbocycles. The van der Waals surface area contributed by atoms with Gasteiger partial charge in [0.15, 0.2) is 6.61 Å². The maximum absolute atomic E-state index is 12.9. The number of nitro benzene ring substituents is 1. The smallest absolute Gasteiger partial charge is 0.329 e. The zero-order chi connectivity index (χ0) is 26.1. The SMILES string of the molecule is CS(=O)(=O)CC[C@@H](C(=O)OCC(=O)c1cccc([N+](=O)[O-])c1)N1C(=O)c2cc(Cl)c(Cl)cc2C1=O. The van der Waals surface area contributed by atoms with Gasteiger partial charge in [0.1, 0.15) is 15.9 Å². The summed E-state index contributed by atoms with van der Waals surface area (Å²) in [5, 5.41) is 10.9.